The van der Waals surface area contributed by atoms with E-state index in [1.807, 2.05) is 37.3 Å². The smallest absolute Gasteiger partial charge is 0.293 e. The first-order valence-corrected chi connectivity index (χ1v) is 14.2. The summed E-state index contributed by atoms with van der Waals surface area (Å²) in [6.07, 6.45) is 5.09. The van der Waals surface area contributed by atoms with Gasteiger partial charge in [0.25, 0.3) is 17.4 Å². The number of nitrogens with zero attached hydrogens (tertiary/aromatic N) is 4. The summed E-state index contributed by atoms with van der Waals surface area (Å²) in [5.74, 6) is 0.574. The number of imidazole rings is 1. The number of nitrogens with one attached hydrogen (secondary N) is 3. The van der Waals surface area contributed by atoms with Crippen molar-refractivity contribution in [1.82, 2.24) is 24.4 Å². The molecule has 44 heavy (non-hydrogen) atoms. The fraction of sp³-hybridized carbons (Fsp3) is 0.182. The van der Waals surface area contributed by atoms with Gasteiger partial charge in [0, 0.05) is 72.4 Å². The highest BCUT2D eigenvalue weighted by molar-refractivity contribution is 6.05. The summed E-state index contributed by atoms with van der Waals surface area (Å²) in [7, 11) is 1.66. The van der Waals surface area contributed by atoms with E-state index in [4.69, 9.17) is 4.74 Å². The van der Waals surface area contributed by atoms with Crippen LogP contribution in [0.1, 0.15) is 26.3 Å². The van der Waals surface area contributed by atoms with Crippen LogP contribution in [0.25, 0.3) is 22.6 Å². The Balaban J connectivity index is 1.20. The highest BCUT2D eigenvalue weighted by Crippen LogP contribution is 2.28. The molecule has 0 aliphatic carbocycles. The van der Waals surface area contributed by atoms with Gasteiger partial charge in [-0.05, 0) is 55.0 Å². The molecule has 1 fully saturated rings. The average Bonchev–Trinajstić information content (AvgIpc) is 3.60. The van der Waals surface area contributed by atoms with E-state index >= 15 is 0 Å². The molecule has 1 aliphatic rings. The Hall–Kier alpha value is -5.55. The van der Waals surface area contributed by atoms with Gasteiger partial charge in [-0.15, -0.1) is 0 Å². The Kier molecular flexibility index (Phi) is 8.02. The summed E-state index contributed by atoms with van der Waals surface area (Å²) in [5.41, 5.74) is 5.04. The highest BCUT2D eigenvalue weighted by atomic mass is 16.5. The lowest BCUT2D eigenvalue weighted by atomic mass is 10.0. The van der Waals surface area contributed by atoms with Crippen LogP contribution in [-0.4, -0.2) is 62.5 Å². The molecular weight excluding hydrogens is 558 g/mol. The number of ether oxygens (including phenoxy) is 1. The largest absolute Gasteiger partial charge is 0.378 e. The third-order valence-electron chi connectivity index (χ3n) is 7.54. The molecule has 0 spiro atoms. The van der Waals surface area contributed by atoms with Gasteiger partial charge in [-0.3, -0.25) is 14.4 Å². The van der Waals surface area contributed by atoms with Gasteiger partial charge in [-0.25, -0.2) is 9.97 Å². The van der Waals surface area contributed by atoms with E-state index in [9.17, 15) is 14.4 Å². The van der Waals surface area contributed by atoms with Gasteiger partial charge >= 0.3 is 0 Å². The highest BCUT2D eigenvalue weighted by Gasteiger charge is 2.19. The van der Waals surface area contributed by atoms with Gasteiger partial charge in [0.2, 0.25) is 0 Å². The summed E-state index contributed by atoms with van der Waals surface area (Å²) < 4.78 is 6.80. The number of carbonyl (C=O) groups excluding carboxylic acids is 2. The molecule has 0 bridgehead atoms. The minimum atomic E-state index is -0.303. The van der Waals surface area contributed by atoms with Crippen LogP contribution in [0.3, 0.4) is 0 Å². The Morgan fingerprint density at radius 1 is 0.955 bits per heavy atom. The monoisotopic (exact) mass is 589 g/mol. The Bertz CT molecular complexity index is 1860. The Labute approximate surface area is 253 Å². The van der Waals surface area contributed by atoms with Crippen molar-refractivity contribution in [3.63, 3.8) is 0 Å². The van der Waals surface area contributed by atoms with Crippen molar-refractivity contribution in [3.05, 3.63) is 112 Å². The van der Waals surface area contributed by atoms with Gasteiger partial charge in [-0.2, -0.15) is 0 Å². The molecule has 2 amide bonds. The molecule has 6 rings (SSSR count). The molecule has 0 saturated carbocycles. The molecule has 222 valence electrons. The number of H-pyrrole nitrogens is 1. The molecule has 3 N–H and O–H groups in total. The maximum atomic E-state index is 13.1. The van der Waals surface area contributed by atoms with E-state index in [2.05, 4.69) is 25.6 Å². The van der Waals surface area contributed by atoms with Gasteiger partial charge in [0.1, 0.15) is 5.82 Å². The summed E-state index contributed by atoms with van der Waals surface area (Å²) >= 11 is 0. The molecule has 2 aromatic heterocycles. The molecule has 1 aliphatic heterocycles. The zero-order valence-corrected chi connectivity index (χ0v) is 24.3. The first-order valence-electron chi connectivity index (χ1n) is 14.2. The van der Waals surface area contributed by atoms with Crippen LogP contribution in [0, 0.1) is 6.92 Å². The van der Waals surface area contributed by atoms with Gasteiger partial charge < -0.3 is 29.8 Å². The van der Waals surface area contributed by atoms with Crippen LogP contribution in [0.4, 0.5) is 17.2 Å². The molecule has 0 atom stereocenters. The first kappa shape index (κ1) is 28.6. The van der Waals surface area contributed by atoms with Crippen LogP contribution in [0.2, 0.25) is 0 Å². The maximum absolute atomic E-state index is 13.1. The number of rotatable bonds is 7. The topological polar surface area (TPSA) is 134 Å². The summed E-state index contributed by atoms with van der Waals surface area (Å²) in [6, 6.07) is 19.7. The molecule has 5 aromatic rings. The van der Waals surface area contributed by atoms with E-state index in [0.29, 0.717) is 54.5 Å². The number of amides is 2. The molecule has 1 saturated heterocycles. The van der Waals surface area contributed by atoms with Crippen LogP contribution >= 0.6 is 0 Å². The second kappa shape index (κ2) is 12.4. The zero-order chi connectivity index (χ0) is 30.6. The third-order valence-corrected chi connectivity index (χ3v) is 7.54. The molecule has 0 radical (unpaired) electrons. The molecule has 3 heterocycles. The number of aromatic amines is 1. The number of hydrogen-bond acceptors (Lipinski definition) is 7. The zero-order valence-electron chi connectivity index (χ0n) is 24.3. The average molecular weight is 590 g/mol. The van der Waals surface area contributed by atoms with Gasteiger partial charge in [-0.1, -0.05) is 24.3 Å². The lowest BCUT2D eigenvalue weighted by Gasteiger charge is -2.26. The van der Waals surface area contributed by atoms with Crippen LogP contribution < -0.4 is 16.2 Å². The molecule has 3 aromatic carbocycles. The number of hydrogen-bond donors (Lipinski definition) is 3. The number of aryl methyl sites for hydroxylation is 1. The predicted molar refractivity (Wildman–Crippen MR) is 168 cm³/mol. The molecular formula is C33H31N7O4. The van der Waals surface area contributed by atoms with Crippen LogP contribution in [-0.2, 0) is 11.8 Å². The summed E-state index contributed by atoms with van der Waals surface area (Å²) in [5, 5.41) is 6.10. The molecule has 11 heteroatoms. The number of anilines is 3. The van der Waals surface area contributed by atoms with E-state index in [1.165, 1.54) is 4.57 Å². The van der Waals surface area contributed by atoms with E-state index in [1.54, 1.807) is 66.9 Å². The lowest BCUT2D eigenvalue weighted by Crippen LogP contribution is -2.40. The third kappa shape index (κ3) is 5.99. The standard InChI is InChI=1S/C33H31N7O4/c1-21-26(4-3-5-27(21)38-31(41)23-8-6-22(7-9-23)29-34-14-15-35-29)28-20-39(2)33(43)30(37-28)36-25-12-10-24(11-13-25)32(42)40-16-18-44-19-17-40/h3-15,20H,16-19H2,1-2H3,(H,34,35)(H,36,37)(H,38,41). The maximum Gasteiger partial charge on any atom is 0.293 e. The van der Waals surface area contributed by atoms with Crippen molar-refractivity contribution >= 4 is 29.0 Å². The number of carbonyl (C=O) groups is 2. The number of aromatic nitrogens is 4. The van der Waals surface area contributed by atoms with Crippen molar-refractivity contribution < 1.29 is 14.3 Å². The van der Waals surface area contributed by atoms with Crippen molar-refractivity contribution in [2.24, 2.45) is 7.05 Å². The fourth-order valence-electron chi connectivity index (χ4n) is 5.04. The molecule has 0 unspecified atom stereocenters. The van der Waals surface area contributed by atoms with Crippen molar-refractivity contribution in [2.75, 3.05) is 36.9 Å². The van der Waals surface area contributed by atoms with Crippen LogP contribution in [0.5, 0.6) is 0 Å². The quantitative estimate of drug-likeness (QED) is 0.252. The van der Waals surface area contributed by atoms with Crippen molar-refractivity contribution in [1.29, 1.82) is 0 Å². The number of morpholine rings is 1. The first-order chi connectivity index (χ1) is 21.4. The second-order valence-corrected chi connectivity index (χ2v) is 10.4. The predicted octanol–water partition coefficient (Wildman–Crippen LogP) is 4.61. The van der Waals surface area contributed by atoms with Crippen LogP contribution in [0.15, 0.2) is 90.1 Å². The summed E-state index contributed by atoms with van der Waals surface area (Å²) in [6.45, 7) is 4.10. The molecule has 11 nitrogen and oxygen atoms in total. The Morgan fingerprint density at radius 3 is 2.39 bits per heavy atom. The minimum Gasteiger partial charge on any atom is -0.378 e. The second-order valence-electron chi connectivity index (χ2n) is 10.4. The summed E-state index contributed by atoms with van der Waals surface area (Å²) in [4.78, 5) is 52.6. The van der Waals surface area contributed by atoms with E-state index in [0.717, 1.165) is 22.5 Å². The van der Waals surface area contributed by atoms with E-state index < -0.39 is 0 Å². The SMILES string of the molecule is Cc1c(NC(=O)c2ccc(-c3ncc[nH]3)cc2)cccc1-c1cn(C)c(=O)c(Nc2ccc(C(=O)N3CCOCC3)cc2)n1. The Morgan fingerprint density at radius 2 is 1.68 bits per heavy atom. The van der Waals surface area contributed by atoms with Crippen molar-refractivity contribution in [3.8, 4) is 22.6 Å². The lowest BCUT2D eigenvalue weighted by molar-refractivity contribution is 0.0303. The van der Waals surface area contributed by atoms with Crippen molar-refractivity contribution in [2.45, 2.75) is 6.92 Å². The van der Waals surface area contributed by atoms with E-state index in [-0.39, 0.29) is 23.2 Å². The minimum absolute atomic E-state index is 0.0516. The normalized spacial score (nSPS) is 13.0. The number of benzene rings is 3. The fourth-order valence-corrected chi connectivity index (χ4v) is 5.04. The van der Waals surface area contributed by atoms with Gasteiger partial charge in [0.15, 0.2) is 5.82 Å². The van der Waals surface area contributed by atoms with Gasteiger partial charge in [0.05, 0.1) is 18.9 Å².